The van der Waals surface area contributed by atoms with Gasteiger partial charge in [0, 0.05) is 12.5 Å². The Morgan fingerprint density at radius 3 is 2.94 bits per heavy atom. The molecule has 16 heavy (non-hydrogen) atoms. The minimum Gasteiger partial charge on any atom is -0.327 e. The van der Waals surface area contributed by atoms with Crippen LogP contribution in [0.4, 0.5) is 0 Å². The van der Waals surface area contributed by atoms with Crippen LogP contribution in [-0.2, 0) is 0 Å². The van der Waals surface area contributed by atoms with Crippen LogP contribution in [0.1, 0.15) is 30.3 Å². The molecule has 2 nitrogen and oxygen atoms in total. The maximum absolute atomic E-state index is 5.43. The SMILES string of the molecule is CC(C)c1nc2cc(/C=C/CN)ccc2s1. The molecule has 0 aliphatic heterocycles. The topological polar surface area (TPSA) is 38.9 Å². The minimum atomic E-state index is 0.500. The molecular formula is C13H16N2S. The summed E-state index contributed by atoms with van der Waals surface area (Å²) in [7, 11) is 0. The van der Waals surface area contributed by atoms with E-state index in [0.29, 0.717) is 12.5 Å². The van der Waals surface area contributed by atoms with E-state index in [1.54, 1.807) is 11.3 Å². The van der Waals surface area contributed by atoms with Gasteiger partial charge >= 0.3 is 0 Å². The molecule has 3 heteroatoms. The normalized spacial score (nSPS) is 12.0. The highest BCUT2D eigenvalue weighted by Crippen LogP contribution is 2.27. The van der Waals surface area contributed by atoms with E-state index in [1.807, 2.05) is 12.2 Å². The lowest BCUT2D eigenvalue weighted by Gasteiger charge is -1.94. The van der Waals surface area contributed by atoms with Crippen LogP contribution in [-0.4, -0.2) is 11.5 Å². The van der Waals surface area contributed by atoms with Gasteiger partial charge in [-0.2, -0.15) is 0 Å². The minimum absolute atomic E-state index is 0.500. The summed E-state index contributed by atoms with van der Waals surface area (Å²) in [6.07, 6.45) is 3.99. The number of nitrogens with two attached hydrogens (primary N) is 1. The first-order valence-electron chi connectivity index (χ1n) is 5.48. The molecule has 0 spiro atoms. The Bertz CT molecular complexity index is 512. The molecule has 0 aliphatic rings. The first kappa shape index (κ1) is 11.3. The molecule has 1 aromatic heterocycles. The molecule has 0 unspecified atom stereocenters. The summed E-state index contributed by atoms with van der Waals surface area (Å²) in [6.45, 7) is 4.92. The predicted octanol–water partition coefficient (Wildman–Crippen LogP) is 3.39. The van der Waals surface area contributed by atoms with Gasteiger partial charge < -0.3 is 5.73 Å². The average molecular weight is 232 g/mol. The molecule has 84 valence electrons. The van der Waals surface area contributed by atoms with Gasteiger partial charge in [0.1, 0.15) is 0 Å². The van der Waals surface area contributed by atoms with Gasteiger partial charge in [-0.1, -0.05) is 32.1 Å². The van der Waals surface area contributed by atoms with Gasteiger partial charge in [-0.25, -0.2) is 4.98 Å². The molecule has 2 rings (SSSR count). The van der Waals surface area contributed by atoms with E-state index < -0.39 is 0 Å². The van der Waals surface area contributed by atoms with Crippen LogP contribution in [0.3, 0.4) is 0 Å². The maximum Gasteiger partial charge on any atom is 0.0963 e. The van der Waals surface area contributed by atoms with Crippen molar-refractivity contribution in [3.8, 4) is 0 Å². The molecule has 1 aromatic carbocycles. The number of hydrogen-bond acceptors (Lipinski definition) is 3. The van der Waals surface area contributed by atoms with Gasteiger partial charge in [-0.3, -0.25) is 0 Å². The Balaban J connectivity index is 2.41. The zero-order chi connectivity index (χ0) is 11.5. The largest absolute Gasteiger partial charge is 0.327 e. The Morgan fingerprint density at radius 2 is 2.25 bits per heavy atom. The van der Waals surface area contributed by atoms with Crippen LogP contribution in [0.15, 0.2) is 24.3 Å². The van der Waals surface area contributed by atoms with Gasteiger partial charge in [0.15, 0.2) is 0 Å². The van der Waals surface area contributed by atoms with Crippen molar-refractivity contribution in [1.82, 2.24) is 4.98 Å². The van der Waals surface area contributed by atoms with Crippen LogP contribution in [0.25, 0.3) is 16.3 Å². The van der Waals surface area contributed by atoms with Gasteiger partial charge in [0.25, 0.3) is 0 Å². The lowest BCUT2D eigenvalue weighted by Crippen LogP contribution is -1.91. The third kappa shape index (κ3) is 2.31. The molecule has 0 saturated heterocycles. The molecule has 0 amide bonds. The third-order valence-corrected chi connectivity index (χ3v) is 3.71. The fourth-order valence-electron chi connectivity index (χ4n) is 1.52. The summed E-state index contributed by atoms with van der Waals surface area (Å²) < 4.78 is 1.26. The number of benzene rings is 1. The molecule has 0 saturated carbocycles. The number of aromatic nitrogens is 1. The van der Waals surface area contributed by atoms with E-state index in [0.717, 1.165) is 5.52 Å². The number of nitrogens with zero attached hydrogens (tertiary/aromatic N) is 1. The van der Waals surface area contributed by atoms with Crippen molar-refractivity contribution in [3.05, 3.63) is 34.8 Å². The lowest BCUT2D eigenvalue weighted by molar-refractivity contribution is 0.857. The summed E-state index contributed by atoms with van der Waals surface area (Å²) in [5.41, 5.74) is 7.69. The molecule has 0 fully saturated rings. The monoisotopic (exact) mass is 232 g/mol. The van der Waals surface area contributed by atoms with Gasteiger partial charge in [-0.15, -0.1) is 11.3 Å². The second-order valence-electron chi connectivity index (χ2n) is 4.07. The molecule has 2 N–H and O–H groups in total. The van der Waals surface area contributed by atoms with E-state index in [9.17, 15) is 0 Å². The standard InChI is InChI=1S/C13H16N2S/c1-9(2)13-15-11-8-10(4-3-7-14)5-6-12(11)16-13/h3-6,8-9H,7,14H2,1-2H3/b4-3+. The van der Waals surface area contributed by atoms with E-state index >= 15 is 0 Å². The van der Waals surface area contributed by atoms with Crippen LogP contribution >= 0.6 is 11.3 Å². The van der Waals surface area contributed by atoms with Crippen LogP contribution in [0.2, 0.25) is 0 Å². The highest BCUT2D eigenvalue weighted by Gasteiger charge is 2.06. The first-order valence-corrected chi connectivity index (χ1v) is 6.29. The fraction of sp³-hybridized carbons (Fsp3) is 0.308. The number of fused-ring (bicyclic) bond motifs is 1. The molecule has 0 bridgehead atoms. The summed E-state index contributed by atoms with van der Waals surface area (Å²) in [5.74, 6) is 0.500. The summed E-state index contributed by atoms with van der Waals surface area (Å²) in [6, 6.07) is 6.36. The van der Waals surface area contributed by atoms with Crippen LogP contribution < -0.4 is 5.73 Å². The fourth-order valence-corrected chi connectivity index (χ4v) is 2.47. The maximum atomic E-state index is 5.43. The Kier molecular flexibility index (Phi) is 3.36. The van der Waals surface area contributed by atoms with Crippen LogP contribution in [0.5, 0.6) is 0 Å². The first-order chi connectivity index (χ1) is 7.70. The van der Waals surface area contributed by atoms with E-state index in [4.69, 9.17) is 5.73 Å². The van der Waals surface area contributed by atoms with Crippen molar-refractivity contribution in [2.24, 2.45) is 5.73 Å². The zero-order valence-electron chi connectivity index (χ0n) is 9.60. The van der Waals surface area contributed by atoms with E-state index in [1.165, 1.54) is 15.3 Å². The van der Waals surface area contributed by atoms with Crippen molar-refractivity contribution in [2.45, 2.75) is 19.8 Å². The van der Waals surface area contributed by atoms with Gasteiger partial charge in [0.05, 0.1) is 15.2 Å². The summed E-state index contributed by atoms with van der Waals surface area (Å²) in [5, 5.41) is 1.20. The highest BCUT2D eigenvalue weighted by atomic mass is 32.1. The van der Waals surface area contributed by atoms with Crippen molar-refractivity contribution in [3.63, 3.8) is 0 Å². The molecule has 1 heterocycles. The number of thiazole rings is 1. The van der Waals surface area contributed by atoms with Crippen molar-refractivity contribution < 1.29 is 0 Å². The van der Waals surface area contributed by atoms with Gasteiger partial charge in [-0.05, 0) is 17.7 Å². The summed E-state index contributed by atoms with van der Waals surface area (Å²) >= 11 is 1.78. The molecule has 0 atom stereocenters. The van der Waals surface area contributed by atoms with Crippen molar-refractivity contribution >= 4 is 27.6 Å². The third-order valence-electron chi connectivity index (χ3n) is 2.37. The molecule has 0 radical (unpaired) electrons. The van der Waals surface area contributed by atoms with E-state index in [-0.39, 0.29) is 0 Å². The second-order valence-corrected chi connectivity index (χ2v) is 5.13. The van der Waals surface area contributed by atoms with Crippen molar-refractivity contribution in [2.75, 3.05) is 6.54 Å². The second kappa shape index (κ2) is 4.76. The number of hydrogen-bond donors (Lipinski definition) is 1. The van der Waals surface area contributed by atoms with E-state index in [2.05, 4.69) is 37.0 Å². The quantitative estimate of drug-likeness (QED) is 0.881. The van der Waals surface area contributed by atoms with Crippen molar-refractivity contribution in [1.29, 1.82) is 0 Å². The van der Waals surface area contributed by atoms with Crippen LogP contribution in [0, 0.1) is 0 Å². The predicted molar refractivity (Wildman–Crippen MR) is 71.8 cm³/mol. The zero-order valence-corrected chi connectivity index (χ0v) is 10.4. The Morgan fingerprint density at radius 1 is 1.44 bits per heavy atom. The number of rotatable bonds is 3. The smallest absolute Gasteiger partial charge is 0.0963 e. The Labute approximate surface area is 99.8 Å². The molecular weight excluding hydrogens is 216 g/mol. The summed E-state index contributed by atoms with van der Waals surface area (Å²) in [4.78, 5) is 4.63. The average Bonchev–Trinajstić information content (AvgIpc) is 2.69. The molecule has 0 aliphatic carbocycles. The Hall–Kier alpha value is -1.19. The highest BCUT2D eigenvalue weighted by molar-refractivity contribution is 7.18. The van der Waals surface area contributed by atoms with Gasteiger partial charge in [0.2, 0.25) is 0 Å². The molecule has 2 aromatic rings. The lowest BCUT2D eigenvalue weighted by atomic mass is 10.2.